The number of nitrogens with zero attached hydrogens (tertiary/aromatic N) is 4. The van der Waals surface area contributed by atoms with E-state index in [0.717, 1.165) is 17.7 Å². The average Bonchev–Trinajstić information content (AvgIpc) is 3.06. The Kier molecular flexibility index (Phi) is 5.06. The summed E-state index contributed by atoms with van der Waals surface area (Å²) >= 11 is 0. The molecule has 7 heteroatoms. The summed E-state index contributed by atoms with van der Waals surface area (Å²) in [6.07, 6.45) is 3.93. The van der Waals surface area contributed by atoms with Crippen LogP contribution in [-0.2, 0) is 19.6 Å². The SMILES string of the molecule is C=CCn1c(=O)c2c(ncn2Cc2ccc(OC)cc2)n(CCC)c1=O. The van der Waals surface area contributed by atoms with Crippen LogP contribution in [0.1, 0.15) is 18.9 Å². The third-order valence-electron chi connectivity index (χ3n) is 4.25. The number of aromatic nitrogens is 4. The van der Waals surface area contributed by atoms with E-state index in [1.807, 2.05) is 31.2 Å². The first-order valence-electron chi connectivity index (χ1n) is 8.53. The minimum absolute atomic E-state index is 0.172. The second-order valence-electron chi connectivity index (χ2n) is 6.03. The summed E-state index contributed by atoms with van der Waals surface area (Å²) in [7, 11) is 1.62. The Bertz CT molecular complexity index is 1040. The topological polar surface area (TPSA) is 71.0 Å². The van der Waals surface area contributed by atoms with Gasteiger partial charge in [0, 0.05) is 19.6 Å². The number of benzene rings is 1. The zero-order valence-corrected chi connectivity index (χ0v) is 15.0. The molecule has 0 fully saturated rings. The molecular formula is C19H22N4O3. The van der Waals surface area contributed by atoms with E-state index in [2.05, 4.69) is 11.6 Å². The van der Waals surface area contributed by atoms with E-state index in [1.165, 1.54) is 4.57 Å². The number of aryl methyl sites for hydroxylation is 1. The van der Waals surface area contributed by atoms with Crippen LogP contribution in [0.5, 0.6) is 5.75 Å². The molecule has 3 rings (SSSR count). The Hall–Kier alpha value is -3.09. The minimum Gasteiger partial charge on any atom is -0.497 e. The maximum absolute atomic E-state index is 12.9. The molecule has 0 aliphatic carbocycles. The summed E-state index contributed by atoms with van der Waals surface area (Å²) in [6, 6.07) is 7.62. The molecule has 136 valence electrons. The molecule has 0 spiro atoms. The highest BCUT2D eigenvalue weighted by Crippen LogP contribution is 2.14. The van der Waals surface area contributed by atoms with Crippen LogP contribution in [0.3, 0.4) is 0 Å². The number of imidazole rings is 1. The highest BCUT2D eigenvalue weighted by Gasteiger charge is 2.17. The van der Waals surface area contributed by atoms with Crippen molar-refractivity contribution in [3.8, 4) is 5.75 Å². The smallest absolute Gasteiger partial charge is 0.333 e. The molecule has 3 aromatic rings. The number of fused-ring (bicyclic) bond motifs is 1. The first-order chi connectivity index (χ1) is 12.6. The summed E-state index contributed by atoms with van der Waals surface area (Å²) in [5.74, 6) is 0.773. The van der Waals surface area contributed by atoms with E-state index in [4.69, 9.17) is 4.74 Å². The van der Waals surface area contributed by atoms with Crippen molar-refractivity contribution in [3.05, 3.63) is 69.6 Å². The van der Waals surface area contributed by atoms with Gasteiger partial charge in [-0.05, 0) is 24.1 Å². The lowest BCUT2D eigenvalue weighted by Crippen LogP contribution is -2.40. The quantitative estimate of drug-likeness (QED) is 0.609. The highest BCUT2D eigenvalue weighted by atomic mass is 16.5. The van der Waals surface area contributed by atoms with Crippen LogP contribution in [-0.4, -0.2) is 25.8 Å². The molecule has 0 saturated heterocycles. The van der Waals surface area contributed by atoms with E-state index < -0.39 is 0 Å². The average molecular weight is 354 g/mol. The lowest BCUT2D eigenvalue weighted by Gasteiger charge is -2.11. The third-order valence-corrected chi connectivity index (χ3v) is 4.25. The summed E-state index contributed by atoms with van der Waals surface area (Å²) in [4.78, 5) is 29.9. The van der Waals surface area contributed by atoms with Crippen molar-refractivity contribution < 1.29 is 4.74 Å². The van der Waals surface area contributed by atoms with E-state index in [1.54, 1.807) is 28.6 Å². The Morgan fingerprint density at radius 1 is 1.19 bits per heavy atom. The Balaban J connectivity index is 2.16. The van der Waals surface area contributed by atoms with Crippen molar-refractivity contribution in [2.24, 2.45) is 0 Å². The van der Waals surface area contributed by atoms with Gasteiger partial charge in [-0.1, -0.05) is 25.1 Å². The van der Waals surface area contributed by atoms with E-state index in [-0.39, 0.29) is 17.8 Å². The molecule has 0 aliphatic rings. The molecule has 0 radical (unpaired) electrons. The monoisotopic (exact) mass is 354 g/mol. The first-order valence-corrected chi connectivity index (χ1v) is 8.53. The normalized spacial score (nSPS) is 11.0. The van der Waals surface area contributed by atoms with Gasteiger partial charge in [0.15, 0.2) is 11.2 Å². The molecule has 7 nitrogen and oxygen atoms in total. The van der Waals surface area contributed by atoms with Crippen molar-refractivity contribution in [2.45, 2.75) is 33.0 Å². The number of allylic oxidation sites excluding steroid dienone is 1. The maximum Gasteiger partial charge on any atom is 0.333 e. The van der Waals surface area contributed by atoms with E-state index in [9.17, 15) is 9.59 Å². The Morgan fingerprint density at radius 3 is 2.54 bits per heavy atom. The van der Waals surface area contributed by atoms with Crippen LogP contribution >= 0.6 is 0 Å². The lowest BCUT2D eigenvalue weighted by molar-refractivity contribution is 0.414. The molecule has 0 N–H and O–H groups in total. The van der Waals surface area contributed by atoms with Crippen LogP contribution in [0.25, 0.3) is 11.2 Å². The predicted molar refractivity (Wildman–Crippen MR) is 101 cm³/mol. The van der Waals surface area contributed by atoms with Crippen LogP contribution in [0.15, 0.2) is 52.8 Å². The molecule has 2 heterocycles. The number of ether oxygens (including phenoxy) is 1. The Morgan fingerprint density at radius 2 is 1.92 bits per heavy atom. The molecule has 0 unspecified atom stereocenters. The van der Waals surface area contributed by atoms with Gasteiger partial charge in [-0.15, -0.1) is 6.58 Å². The predicted octanol–water partition coefficient (Wildman–Crippen LogP) is 2.01. The van der Waals surface area contributed by atoms with Gasteiger partial charge in [0.25, 0.3) is 5.56 Å². The van der Waals surface area contributed by atoms with Gasteiger partial charge in [0.1, 0.15) is 5.75 Å². The van der Waals surface area contributed by atoms with Crippen LogP contribution < -0.4 is 16.0 Å². The van der Waals surface area contributed by atoms with Gasteiger partial charge in [-0.2, -0.15) is 0 Å². The van der Waals surface area contributed by atoms with Crippen LogP contribution in [0, 0.1) is 0 Å². The van der Waals surface area contributed by atoms with Gasteiger partial charge >= 0.3 is 5.69 Å². The highest BCUT2D eigenvalue weighted by molar-refractivity contribution is 5.70. The number of rotatable bonds is 7. The molecule has 0 amide bonds. The number of hydrogen-bond donors (Lipinski definition) is 0. The van der Waals surface area contributed by atoms with Gasteiger partial charge < -0.3 is 9.30 Å². The molecule has 2 aromatic heterocycles. The third kappa shape index (κ3) is 3.08. The minimum atomic E-state index is -0.348. The summed E-state index contributed by atoms with van der Waals surface area (Å²) in [5, 5.41) is 0. The second kappa shape index (κ2) is 7.43. The second-order valence-corrected chi connectivity index (χ2v) is 6.03. The molecule has 26 heavy (non-hydrogen) atoms. The standard InChI is InChI=1S/C19H22N4O3/c1-4-10-22-17-16(18(24)23(11-5-2)19(22)25)21(13-20-17)12-14-6-8-15(26-3)9-7-14/h5-9,13H,2,4,10-12H2,1,3H3. The largest absolute Gasteiger partial charge is 0.497 e. The van der Waals surface area contributed by atoms with Gasteiger partial charge in [0.05, 0.1) is 13.4 Å². The fourth-order valence-electron chi connectivity index (χ4n) is 3.00. The van der Waals surface area contributed by atoms with E-state index >= 15 is 0 Å². The van der Waals surface area contributed by atoms with Gasteiger partial charge in [-0.25, -0.2) is 9.78 Å². The number of methoxy groups -OCH3 is 1. The molecule has 0 atom stereocenters. The summed E-state index contributed by atoms with van der Waals surface area (Å²) < 4.78 is 9.72. The number of hydrogen-bond acceptors (Lipinski definition) is 4. The lowest BCUT2D eigenvalue weighted by atomic mass is 10.2. The zero-order chi connectivity index (χ0) is 18.7. The van der Waals surface area contributed by atoms with Crippen molar-refractivity contribution in [1.29, 1.82) is 0 Å². The first kappa shape index (κ1) is 17.7. The molecular weight excluding hydrogens is 332 g/mol. The molecule has 0 saturated carbocycles. The summed E-state index contributed by atoms with van der Waals surface area (Å²) in [5.41, 5.74) is 1.17. The van der Waals surface area contributed by atoms with Crippen molar-refractivity contribution in [2.75, 3.05) is 7.11 Å². The molecule has 1 aromatic carbocycles. The van der Waals surface area contributed by atoms with Crippen molar-refractivity contribution in [1.82, 2.24) is 18.7 Å². The van der Waals surface area contributed by atoms with Crippen molar-refractivity contribution >= 4 is 11.2 Å². The molecule has 0 bridgehead atoms. The van der Waals surface area contributed by atoms with E-state index in [0.29, 0.717) is 24.3 Å². The van der Waals surface area contributed by atoms with Crippen LogP contribution in [0.4, 0.5) is 0 Å². The fraction of sp³-hybridized carbons (Fsp3) is 0.316. The van der Waals surface area contributed by atoms with Crippen LogP contribution in [0.2, 0.25) is 0 Å². The van der Waals surface area contributed by atoms with Crippen molar-refractivity contribution in [3.63, 3.8) is 0 Å². The maximum atomic E-state index is 12.9. The van der Waals surface area contributed by atoms with Gasteiger partial charge in [0.2, 0.25) is 0 Å². The zero-order valence-electron chi connectivity index (χ0n) is 15.0. The van der Waals surface area contributed by atoms with Gasteiger partial charge in [-0.3, -0.25) is 13.9 Å². The Labute approximate surface area is 150 Å². The molecule has 0 aliphatic heterocycles. The summed E-state index contributed by atoms with van der Waals surface area (Å²) in [6.45, 7) is 6.79. The fourth-order valence-corrected chi connectivity index (χ4v) is 3.00.